The van der Waals surface area contributed by atoms with Gasteiger partial charge in [-0.1, -0.05) is 42.1 Å². The number of ether oxygens (including phenoxy) is 1. The van der Waals surface area contributed by atoms with E-state index < -0.39 is 0 Å². The Morgan fingerprint density at radius 1 is 1.03 bits per heavy atom. The molecular formula is C24H27Cl2N3O3S. The molecule has 0 bridgehead atoms. The van der Waals surface area contributed by atoms with Gasteiger partial charge in [-0.15, -0.1) is 0 Å². The molecule has 176 valence electrons. The van der Waals surface area contributed by atoms with E-state index in [1.165, 1.54) is 12.8 Å². The molecule has 2 N–H and O–H groups in total. The molecule has 0 aliphatic carbocycles. The molecule has 1 aliphatic rings. The molecule has 0 spiro atoms. The number of benzene rings is 2. The van der Waals surface area contributed by atoms with Gasteiger partial charge >= 0.3 is 0 Å². The highest BCUT2D eigenvalue weighted by molar-refractivity contribution is 7.80. The largest absolute Gasteiger partial charge is 0.492 e. The van der Waals surface area contributed by atoms with Crippen LogP contribution in [0, 0.1) is 0 Å². The van der Waals surface area contributed by atoms with Crippen molar-refractivity contribution in [3.8, 4) is 5.75 Å². The van der Waals surface area contributed by atoms with Crippen molar-refractivity contribution < 1.29 is 14.3 Å². The normalized spacial score (nSPS) is 13.7. The lowest BCUT2D eigenvalue weighted by Gasteiger charge is -2.20. The van der Waals surface area contributed by atoms with E-state index in [9.17, 15) is 9.59 Å². The lowest BCUT2D eigenvalue weighted by Crippen LogP contribution is -2.34. The van der Waals surface area contributed by atoms with Gasteiger partial charge in [0, 0.05) is 35.8 Å². The standard InChI is InChI=1S/C24H27Cl2N3O3S/c25-18-10-11-21(20(26)16-18)32-14-6-9-22(30)28-24(33)27-19-8-5-7-17(15-19)23(31)29-12-3-1-2-4-13-29/h5,7-8,10-11,15-16H,1-4,6,9,12-14H2,(H2,27,28,30,33). The molecule has 0 radical (unpaired) electrons. The summed E-state index contributed by atoms with van der Waals surface area (Å²) in [6, 6.07) is 12.2. The van der Waals surface area contributed by atoms with E-state index in [0.717, 1.165) is 25.9 Å². The Hall–Kier alpha value is -2.35. The number of nitrogens with one attached hydrogen (secondary N) is 2. The highest BCUT2D eigenvalue weighted by Crippen LogP contribution is 2.27. The summed E-state index contributed by atoms with van der Waals surface area (Å²) in [5, 5.41) is 6.77. The van der Waals surface area contributed by atoms with Crippen LogP contribution in [0.4, 0.5) is 5.69 Å². The maximum atomic E-state index is 12.8. The highest BCUT2D eigenvalue weighted by atomic mass is 35.5. The molecule has 1 heterocycles. The Balaban J connectivity index is 1.42. The number of nitrogens with zero attached hydrogens (tertiary/aromatic N) is 1. The first-order valence-corrected chi connectivity index (χ1v) is 12.2. The Kier molecular flexibility index (Phi) is 9.78. The molecule has 2 amide bonds. The van der Waals surface area contributed by atoms with Crippen molar-refractivity contribution in [1.82, 2.24) is 10.2 Å². The molecule has 6 nitrogen and oxygen atoms in total. The van der Waals surface area contributed by atoms with E-state index in [4.69, 9.17) is 40.2 Å². The molecule has 9 heteroatoms. The molecule has 2 aromatic rings. The van der Waals surface area contributed by atoms with Crippen molar-refractivity contribution >= 4 is 58.0 Å². The van der Waals surface area contributed by atoms with Gasteiger partial charge in [0.1, 0.15) is 5.75 Å². The summed E-state index contributed by atoms with van der Waals surface area (Å²) >= 11 is 17.2. The zero-order valence-electron chi connectivity index (χ0n) is 18.2. The van der Waals surface area contributed by atoms with Gasteiger partial charge in [-0.05, 0) is 67.9 Å². The van der Waals surface area contributed by atoms with Gasteiger partial charge in [-0.25, -0.2) is 0 Å². The van der Waals surface area contributed by atoms with Crippen LogP contribution in [-0.4, -0.2) is 41.5 Å². The predicted octanol–water partition coefficient (Wildman–Crippen LogP) is 5.68. The van der Waals surface area contributed by atoms with Crippen LogP contribution in [-0.2, 0) is 4.79 Å². The summed E-state index contributed by atoms with van der Waals surface area (Å²) in [6.07, 6.45) is 5.14. The molecule has 0 unspecified atom stereocenters. The van der Waals surface area contributed by atoms with Gasteiger partial charge in [-0.3, -0.25) is 9.59 Å². The fourth-order valence-electron chi connectivity index (χ4n) is 3.54. The van der Waals surface area contributed by atoms with Gasteiger partial charge in [-0.2, -0.15) is 0 Å². The summed E-state index contributed by atoms with van der Waals surface area (Å²) < 4.78 is 5.58. The molecule has 0 aromatic heterocycles. The van der Waals surface area contributed by atoms with Crippen LogP contribution in [0.3, 0.4) is 0 Å². The Bertz CT molecular complexity index is 995. The molecule has 33 heavy (non-hydrogen) atoms. The van der Waals surface area contributed by atoms with Crippen molar-refractivity contribution in [1.29, 1.82) is 0 Å². The zero-order valence-corrected chi connectivity index (χ0v) is 20.6. The maximum absolute atomic E-state index is 12.8. The first-order chi connectivity index (χ1) is 15.9. The molecule has 3 rings (SSSR count). The summed E-state index contributed by atoms with van der Waals surface area (Å²) in [5.74, 6) is 0.319. The number of halogens is 2. The minimum Gasteiger partial charge on any atom is -0.492 e. The SMILES string of the molecule is O=C(CCCOc1ccc(Cl)cc1Cl)NC(=S)Nc1cccc(C(=O)N2CCCCCC2)c1. The van der Waals surface area contributed by atoms with Crippen LogP contribution in [0.5, 0.6) is 5.75 Å². The van der Waals surface area contributed by atoms with Crippen molar-refractivity contribution in [3.63, 3.8) is 0 Å². The molecular weight excluding hydrogens is 481 g/mol. The van der Waals surface area contributed by atoms with Crippen molar-refractivity contribution in [2.24, 2.45) is 0 Å². The smallest absolute Gasteiger partial charge is 0.253 e. The van der Waals surface area contributed by atoms with E-state index >= 15 is 0 Å². The molecule has 1 aliphatic heterocycles. The molecule has 2 aromatic carbocycles. The Morgan fingerprint density at radius 2 is 1.79 bits per heavy atom. The van der Waals surface area contributed by atoms with Gasteiger partial charge in [0.15, 0.2) is 5.11 Å². The monoisotopic (exact) mass is 507 g/mol. The summed E-state index contributed by atoms with van der Waals surface area (Å²) in [5.41, 5.74) is 1.26. The second-order valence-electron chi connectivity index (χ2n) is 7.82. The second kappa shape index (κ2) is 12.8. The number of rotatable bonds is 7. The van der Waals surface area contributed by atoms with Crippen molar-refractivity contribution in [2.75, 3.05) is 25.0 Å². The molecule has 1 fully saturated rings. The number of carbonyl (C=O) groups is 2. The molecule has 0 saturated carbocycles. The first-order valence-electron chi connectivity index (χ1n) is 11.0. The number of amides is 2. The number of hydrogen-bond acceptors (Lipinski definition) is 4. The third kappa shape index (κ3) is 8.18. The molecule has 1 saturated heterocycles. The van der Waals surface area contributed by atoms with Gasteiger partial charge in [0.25, 0.3) is 5.91 Å². The van der Waals surface area contributed by atoms with Crippen LogP contribution in [0.15, 0.2) is 42.5 Å². The summed E-state index contributed by atoms with van der Waals surface area (Å²) in [7, 11) is 0. The van der Waals surface area contributed by atoms with Crippen LogP contribution in [0.2, 0.25) is 10.0 Å². The lowest BCUT2D eigenvalue weighted by atomic mass is 10.1. The summed E-state index contributed by atoms with van der Waals surface area (Å²) in [6.45, 7) is 1.91. The van der Waals surface area contributed by atoms with E-state index in [0.29, 0.717) is 40.1 Å². The van der Waals surface area contributed by atoms with Crippen LogP contribution < -0.4 is 15.4 Å². The van der Waals surface area contributed by atoms with E-state index in [2.05, 4.69) is 10.6 Å². The summed E-state index contributed by atoms with van der Waals surface area (Å²) in [4.78, 5) is 26.9. The number of thiocarbonyl (C=S) groups is 1. The fourth-order valence-corrected chi connectivity index (χ4v) is 4.24. The predicted molar refractivity (Wildman–Crippen MR) is 136 cm³/mol. The number of anilines is 1. The minimum atomic E-state index is -0.227. The number of hydrogen-bond donors (Lipinski definition) is 2. The van der Waals surface area contributed by atoms with Crippen LogP contribution >= 0.6 is 35.4 Å². The average Bonchev–Trinajstić information content (AvgIpc) is 3.07. The third-order valence-corrected chi connectivity index (χ3v) is 5.95. The lowest BCUT2D eigenvalue weighted by molar-refractivity contribution is -0.119. The van der Waals surface area contributed by atoms with E-state index in [-0.39, 0.29) is 23.3 Å². The average molecular weight is 508 g/mol. The van der Waals surface area contributed by atoms with E-state index in [1.807, 2.05) is 4.90 Å². The fraction of sp³-hybridized carbons (Fsp3) is 0.375. The first kappa shape index (κ1) is 25.3. The van der Waals surface area contributed by atoms with Gasteiger partial charge < -0.3 is 20.3 Å². The third-order valence-electron chi connectivity index (χ3n) is 5.21. The van der Waals surface area contributed by atoms with E-state index in [1.54, 1.807) is 42.5 Å². The quantitative estimate of drug-likeness (QED) is 0.372. The minimum absolute atomic E-state index is 0.0243. The Morgan fingerprint density at radius 3 is 2.52 bits per heavy atom. The zero-order chi connectivity index (χ0) is 23.6. The number of likely N-dealkylation sites (tertiary alicyclic amines) is 1. The maximum Gasteiger partial charge on any atom is 0.253 e. The van der Waals surface area contributed by atoms with Gasteiger partial charge in [0.05, 0.1) is 11.6 Å². The van der Waals surface area contributed by atoms with Crippen molar-refractivity contribution in [2.45, 2.75) is 38.5 Å². The second-order valence-corrected chi connectivity index (χ2v) is 9.07. The number of carbonyl (C=O) groups excluding carboxylic acids is 2. The van der Waals surface area contributed by atoms with Gasteiger partial charge in [0.2, 0.25) is 5.91 Å². The Labute approximate surface area is 209 Å². The van der Waals surface area contributed by atoms with Crippen LogP contribution in [0.1, 0.15) is 48.9 Å². The van der Waals surface area contributed by atoms with Crippen molar-refractivity contribution in [3.05, 3.63) is 58.1 Å². The van der Waals surface area contributed by atoms with Crippen LogP contribution in [0.25, 0.3) is 0 Å². The topological polar surface area (TPSA) is 70.7 Å². The highest BCUT2D eigenvalue weighted by Gasteiger charge is 2.17. The molecule has 0 atom stereocenters.